The van der Waals surface area contributed by atoms with Crippen molar-refractivity contribution in [3.05, 3.63) is 23.4 Å². The van der Waals surface area contributed by atoms with E-state index in [9.17, 15) is 4.79 Å². The summed E-state index contributed by atoms with van der Waals surface area (Å²) in [5.74, 6) is -0.132. The lowest BCUT2D eigenvalue weighted by molar-refractivity contribution is -0.157. The summed E-state index contributed by atoms with van der Waals surface area (Å²) in [7, 11) is 0. The maximum absolute atomic E-state index is 11.3. The van der Waals surface area contributed by atoms with E-state index in [-0.39, 0.29) is 6.61 Å². The third-order valence-electron chi connectivity index (χ3n) is 1.45. The molecule has 16 heavy (non-hydrogen) atoms. The average Bonchev–Trinajstić information content (AvgIpc) is 2.12. The summed E-state index contributed by atoms with van der Waals surface area (Å²) in [6.45, 7) is 5.21. The molecule has 0 aromatic carbocycles. The summed E-state index contributed by atoms with van der Waals surface area (Å²) in [5.41, 5.74) is -0.512. The molecule has 0 spiro atoms. The fourth-order valence-corrected chi connectivity index (χ4v) is 1.13. The van der Waals surface area contributed by atoms with Gasteiger partial charge < -0.3 is 9.47 Å². The molecular formula is C11H14ClNO3. The van der Waals surface area contributed by atoms with E-state index in [0.29, 0.717) is 11.0 Å². The summed E-state index contributed by atoms with van der Waals surface area (Å²) in [6.07, 6.45) is 0. The maximum Gasteiger partial charge on any atom is 0.344 e. The number of hydrogen-bond donors (Lipinski definition) is 0. The van der Waals surface area contributed by atoms with Crippen molar-refractivity contribution in [3.63, 3.8) is 0 Å². The lowest BCUT2D eigenvalue weighted by Crippen LogP contribution is -2.27. The maximum atomic E-state index is 11.3. The fourth-order valence-electron chi connectivity index (χ4n) is 0.974. The summed E-state index contributed by atoms with van der Waals surface area (Å²) >= 11 is 5.66. The van der Waals surface area contributed by atoms with Crippen molar-refractivity contribution < 1.29 is 14.3 Å². The molecular weight excluding hydrogens is 230 g/mol. The molecule has 1 rings (SSSR count). The number of aromatic nitrogens is 1. The van der Waals surface area contributed by atoms with Crippen LogP contribution < -0.4 is 4.74 Å². The van der Waals surface area contributed by atoms with Crippen LogP contribution >= 0.6 is 11.6 Å². The first-order valence-corrected chi connectivity index (χ1v) is 5.22. The number of esters is 1. The number of rotatable bonds is 3. The van der Waals surface area contributed by atoms with Crippen molar-refractivity contribution in [3.8, 4) is 5.88 Å². The summed E-state index contributed by atoms with van der Waals surface area (Å²) in [6, 6.07) is 4.94. The van der Waals surface area contributed by atoms with Crippen LogP contribution in [0.2, 0.25) is 5.15 Å². The van der Waals surface area contributed by atoms with E-state index in [0.717, 1.165) is 0 Å². The fraction of sp³-hybridized carbons (Fsp3) is 0.455. The predicted molar refractivity (Wildman–Crippen MR) is 60.6 cm³/mol. The molecule has 0 radical (unpaired) electrons. The van der Waals surface area contributed by atoms with E-state index >= 15 is 0 Å². The van der Waals surface area contributed by atoms with Gasteiger partial charge in [-0.25, -0.2) is 9.78 Å². The molecule has 0 atom stereocenters. The predicted octanol–water partition coefficient (Wildman–Crippen LogP) is 2.46. The van der Waals surface area contributed by atoms with Crippen LogP contribution in [0.25, 0.3) is 0 Å². The topological polar surface area (TPSA) is 48.4 Å². The molecule has 0 bridgehead atoms. The zero-order chi connectivity index (χ0) is 12.2. The molecule has 88 valence electrons. The van der Waals surface area contributed by atoms with Crippen molar-refractivity contribution in [1.29, 1.82) is 0 Å². The summed E-state index contributed by atoms with van der Waals surface area (Å²) < 4.78 is 10.2. The molecule has 1 aromatic rings. The van der Waals surface area contributed by atoms with Gasteiger partial charge in [0.25, 0.3) is 0 Å². The smallest absolute Gasteiger partial charge is 0.344 e. The first kappa shape index (κ1) is 12.8. The van der Waals surface area contributed by atoms with E-state index in [4.69, 9.17) is 21.1 Å². The van der Waals surface area contributed by atoms with Crippen molar-refractivity contribution in [1.82, 2.24) is 4.98 Å². The minimum absolute atomic E-state index is 0.176. The highest BCUT2D eigenvalue weighted by atomic mass is 35.5. The van der Waals surface area contributed by atoms with Crippen LogP contribution in [0.15, 0.2) is 18.2 Å². The summed E-state index contributed by atoms with van der Waals surface area (Å²) in [5, 5.41) is 0.321. The van der Waals surface area contributed by atoms with E-state index in [1.165, 1.54) is 0 Å². The third kappa shape index (κ3) is 4.98. The molecule has 0 fully saturated rings. The van der Waals surface area contributed by atoms with Gasteiger partial charge in [0.2, 0.25) is 5.88 Å². The van der Waals surface area contributed by atoms with E-state index in [1.807, 2.05) is 0 Å². The highest BCUT2D eigenvalue weighted by Crippen LogP contribution is 2.12. The van der Waals surface area contributed by atoms with Gasteiger partial charge in [0.05, 0.1) is 0 Å². The van der Waals surface area contributed by atoms with Gasteiger partial charge in [-0.3, -0.25) is 0 Å². The Bertz CT molecular complexity index is 374. The summed E-state index contributed by atoms with van der Waals surface area (Å²) in [4.78, 5) is 15.2. The molecule has 0 saturated heterocycles. The van der Waals surface area contributed by atoms with E-state index < -0.39 is 11.6 Å². The zero-order valence-electron chi connectivity index (χ0n) is 9.49. The standard InChI is InChI=1S/C11H14ClNO3/c1-11(2,3)16-10(14)7-15-9-6-4-5-8(12)13-9/h4-6H,7H2,1-3H3. The second-order valence-corrected chi connectivity index (χ2v) is 4.56. The molecule has 4 nitrogen and oxygen atoms in total. The van der Waals surface area contributed by atoms with E-state index in [1.54, 1.807) is 39.0 Å². The Balaban J connectivity index is 2.43. The second-order valence-electron chi connectivity index (χ2n) is 4.17. The quantitative estimate of drug-likeness (QED) is 0.604. The van der Waals surface area contributed by atoms with Crippen LogP contribution in [0, 0.1) is 0 Å². The number of ether oxygens (including phenoxy) is 2. The normalized spacial score (nSPS) is 11.0. The van der Waals surface area contributed by atoms with Crippen LogP contribution in [0.3, 0.4) is 0 Å². The molecule has 0 amide bonds. The van der Waals surface area contributed by atoms with Crippen LogP contribution in [0.1, 0.15) is 20.8 Å². The minimum Gasteiger partial charge on any atom is -0.466 e. The molecule has 0 aliphatic heterocycles. The van der Waals surface area contributed by atoms with Crippen LogP contribution in [0.5, 0.6) is 5.88 Å². The minimum atomic E-state index is -0.512. The molecule has 0 N–H and O–H groups in total. The van der Waals surface area contributed by atoms with Gasteiger partial charge in [-0.2, -0.15) is 0 Å². The highest BCUT2D eigenvalue weighted by molar-refractivity contribution is 6.29. The van der Waals surface area contributed by atoms with Gasteiger partial charge in [-0.1, -0.05) is 17.7 Å². The largest absolute Gasteiger partial charge is 0.466 e. The van der Waals surface area contributed by atoms with E-state index in [2.05, 4.69) is 4.98 Å². The van der Waals surface area contributed by atoms with Gasteiger partial charge in [-0.15, -0.1) is 0 Å². The Morgan fingerprint density at radius 2 is 2.12 bits per heavy atom. The van der Waals surface area contributed by atoms with Gasteiger partial charge in [0.15, 0.2) is 6.61 Å². The lowest BCUT2D eigenvalue weighted by Gasteiger charge is -2.19. The molecule has 1 aromatic heterocycles. The third-order valence-corrected chi connectivity index (χ3v) is 1.66. The Morgan fingerprint density at radius 1 is 1.44 bits per heavy atom. The SMILES string of the molecule is CC(C)(C)OC(=O)COc1cccc(Cl)n1. The van der Waals surface area contributed by atoms with Gasteiger partial charge in [0.1, 0.15) is 10.8 Å². The first-order chi connectivity index (χ1) is 7.37. The first-order valence-electron chi connectivity index (χ1n) is 4.84. The molecule has 0 aliphatic carbocycles. The van der Waals surface area contributed by atoms with Crippen LogP contribution in [0.4, 0.5) is 0 Å². The van der Waals surface area contributed by atoms with Gasteiger partial charge >= 0.3 is 5.97 Å². The monoisotopic (exact) mass is 243 g/mol. The number of carbonyl (C=O) groups is 1. The lowest BCUT2D eigenvalue weighted by atomic mass is 10.2. The van der Waals surface area contributed by atoms with Gasteiger partial charge in [0, 0.05) is 6.07 Å². The van der Waals surface area contributed by atoms with Crippen molar-refractivity contribution in [2.45, 2.75) is 26.4 Å². The number of halogens is 1. The number of nitrogens with zero attached hydrogens (tertiary/aromatic N) is 1. The van der Waals surface area contributed by atoms with Crippen molar-refractivity contribution in [2.24, 2.45) is 0 Å². The van der Waals surface area contributed by atoms with Crippen LogP contribution in [-0.2, 0) is 9.53 Å². The molecule has 5 heteroatoms. The highest BCUT2D eigenvalue weighted by Gasteiger charge is 2.16. The van der Waals surface area contributed by atoms with Crippen molar-refractivity contribution in [2.75, 3.05) is 6.61 Å². The average molecular weight is 244 g/mol. The second kappa shape index (κ2) is 5.16. The number of pyridine rings is 1. The molecule has 0 saturated carbocycles. The number of carbonyl (C=O) groups excluding carboxylic acids is 1. The van der Waals surface area contributed by atoms with Crippen LogP contribution in [-0.4, -0.2) is 23.2 Å². The zero-order valence-corrected chi connectivity index (χ0v) is 10.2. The molecule has 0 aliphatic rings. The Kier molecular flexibility index (Phi) is 4.12. The number of hydrogen-bond acceptors (Lipinski definition) is 4. The Labute approximate surface area is 99.5 Å². The Hall–Kier alpha value is -1.29. The molecule has 1 heterocycles. The van der Waals surface area contributed by atoms with Crippen molar-refractivity contribution >= 4 is 17.6 Å². The Morgan fingerprint density at radius 3 is 2.69 bits per heavy atom. The van der Waals surface area contributed by atoms with Gasteiger partial charge in [-0.05, 0) is 26.8 Å². The molecule has 0 unspecified atom stereocenters.